The Balaban J connectivity index is 2.75. The molecule has 0 aliphatic heterocycles. The standard InChI is InChI=1S/C2H8B3F/c1-5(2-3)4-6/h4H,2-3H2,1H3. The van der Waals surface area contributed by atoms with Crippen LogP contribution < -0.4 is 0 Å². The Morgan fingerprint density at radius 1 is 2.00 bits per heavy atom. The third-order valence-electron chi connectivity index (χ3n) is 0.960. The molecule has 0 spiro atoms. The highest BCUT2D eigenvalue weighted by molar-refractivity contribution is 7.10. The van der Waals surface area contributed by atoms with E-state index in [4.69, 9.17) is 0 Å². The molecule has 0 heterocycles. The van der Waals surface area contributed by atoms with E-state index in [1.165, 1.54) is 0 Å². The third kappa shape index (κ3) is 2.37. The molecule has 0 rings (SSSR count). The van der Waals surface area contributed by atoms with Crippen LogP contribution in [0.5, 0.6) is 0 Å². The zero-order valence-electron chi connectivity index (χ0n) is 4.37. The van der Waals surface area contributed by atoms with E-state index in [2.05, 4.69) is 0 Å². The Labute approximate surface area is 40.3 Å². The van der Waals surface area contributed by atoms with Gasteiger partial charge in [0, 0.05) is 0 Å². The summed E-state index contributed by atoms with van der Waals surface area (Å²) < 4.78 is 11.4. The van der Waals surface area contributed by atoms with E-state index in [-0.39, 0.29) is 14.1 Å². The molecule has 0 aliphatic rings. The van der Waals surface area contributed by atoms with Crippen LogP contribution in [0.25, 0.3) is 0 Å². The van der Waals surface area contributed by atoms with Crippen molar-refractivity contribution < 1.29 is 4.32 Å². The smallest absolute Gasteiger partial charge is 0.293 e. The van der Waals surface area contributed by atoms with Gasteiger partial charge in [0.05, 0.1) is 7.85 Å². The van der Waals surface area contributed by atoms with Gasteiger partial charge in [-0.15, -0.1) is 6.22 Å². The van der Waals surface area contributed by atoms with E-state index < -0.39 is 0 Å². The summed E-state index contributed by atoms with van der Waals surface area (Å²) in [7, 11) is 1.82. The van der Waals surface area contributed by atoms with Crippen LogP contribution >= 0.6 is 0 Å². The van der Waals surface area contributed by atoms with E-state index in [0.29, 0.717) is 0 Å². The number of hydrogen-bond donors (Lipinski definition) is 0. The number of hydrogen-bond acceptors (Lipinski definition) is 0. The SMILES string of the molecule is BCB(C)BF. The summed E-state index contributed by atoms with van der Waals surface area (Å²) in [5, 5.41) is 0. The number of rotatable bonds is 2. The van der Waals surface area contributed by atoms with Gasteiger partial charge in [-0.25, -0.2) is 0 Å². The molecule has 0 aromatic rings. The molecule has 0 N–H and O–H groups in total. The highest BCUT2D eigenvalue weighted by atomic mass is 19.1. The minimum Gasteiger partial charge on any atom is -0.352 e. The second-order valence-corrected chi connectivity index (χ2v) is 1.67. The lowest BCUT2D eigenvalue weighted by Crippen LogP contribution is -2.12. The van der Waals surface area contributed by atoms with Crippen LogP contribution in [-0.2, 0) is 0 Å². The monoisotopic (exact) mass is 84.1 g/mol. The molecule has 0 radical (unpaired) electrons. The van der Waals surface area contributed by atoms with E-state index in [0.717, 1.165) is 6.22 Å². The molecule has 0 aromatic heterocycles. The molecule has 0 saturated carbocycles. The molecule has 0 unspecified atom stereocenters. The molecule has 0 aromatic carbocycles. The predicted octanol–water partition coefficient (Wildman–Crippen LogP) is -0.481. The Morgan fingerprint density at radius 3 is 2.50 bits per heavy atom. The molecule has 0 nitrogen and oxygen atoms in total. The van der Waals surface area contributed by atoms with Gasteiger partial charge in [-0.05, 0) is 0 Å². The van der Waals surface area contributed by atoms with Crippen molar-refractivity contribution in [3.63, 3.8) is 0 Å². The highest BCUT2D eigenvalue weighted by Gasteiger charge is 2.01. The van der Waals surface area contributed by atoms with Crippen molar-refractivity contribution in [1.29, 1.82) is 0 Å². The fraction of sp³-hybridized carbons (Fsp3) is 1.00. The summed E-state index contributed by atoms with van der Waals surface area (Å²) in [5.74, 6) is 0. The van der Waals surface area contributed by atoms with E-state index >= 15 is 0 Å². The van der Waals surface area contributed by atoms with Gasteiger partial charge < -0.3 is 4.32 Å². The van der Waals surface area contributed by atoms with Crippen LogP contribution in [0, 0.1) is 0 Å². The lowest BCUT2D eigenvalue weighted by molar-refractivity contribution is 0.890. The second kappa shape index (κ2) is 3.32. The lowest BCUT2D eigenvalue weighted by atomic mass is 9.27. The van der Waals surface area contributed by atoms with Crippen LogP contribution in [0.1, 0.15) is 0 Å². The van der Waals surface area contributed by atoms with Gasteiger partial charge >= 0.3 is 0 Å². The first kappa shape index (κ1) is 6.12. The van der Waals surface area contributed by atoms with Crippen molar-refractivity contribution in [1.82, 2.24) is 0 Å². The van der Waals surface area contributed by atoms with Crippen LogP contribution in [0.4, 0.5) is 4.32 Å². The van der Waals surface area contributed by atoms with Crippen LogP contribution in [0.2, 0.25) is 13.0 Å². The van der Waals surface area contributed by atoms with Gasteiger partial charge in [-0.3, -0.25) is 0 Å². The largest absolute Gasteiger partial charge is 0.352 e. The van der Waals surface area contributed by atoms with Crippen LogP contribution in [0.3, 0.4) is 0 Å². The molecule has 0 bridgehead atoms. The average molecular weight is 83.5 g/mol. The zero-order chi connectivity index (χ0) is 4.99. The average Bonchev–Trinajstić information content (AvgIpc) is 1.65. The Kier molecular flexibility index (Phi) is 3.39. The van der Waals surface area contributed by atoms with E-state index in [9.17, 15) is 4.32 Å². The predicted molar refractivity (Wildman–Crippen MR) is 33.2 cm³/mol. The first-order valence-electron chi connectivity index (χ1n) is 2.37. The Morgan fingerprint density at radius 2 is 2.50 bits per heavy atom. The van der Waals surface area contributed by atoms with Gasteiger partial charge in [0.2, 0.25) is 0 Å². The van der Waals surface area contributed by atoms with E-state index in [1.54, 1.807) is 0 Å². The zero-order valence-corrected chi connectivity index (χ0v) is 4.37. The summed E-state index contributed by atoms with van der Waals surface area (Å²) in [5.41, 5.74) is 0. The molecular weight excluding hydrogens is 75.5 g/mol. The highest BCUT2D eigenvalue weighted by Crippen LogP contribution is 1.81. The molecule has 0 fully saturated rings. The maximum absolute atomic E-state index is 11.4. The summed E-state index contributed by atoms with van der Waals surface area (Å²) in [4.78, 5) is 0. The molecule has 32 valence electrons. The van der Waals surface area contributed by atoms with Gasteiger partial charge in [0.25, 0.3) is 7.45 Å². The normalized spacial score (nSPS) is 7.67. The van der Waals surface area contributed by atoms with Gasteiger partial charge in [0.15, 0.2) is 0 Å². The van der Waals surface area contributed by atoms with Crippen LogP contribution in [-0.4, -0.2) is 21.9 Å². The van der Waals surface area contributed by atoms with Crippen molar-refractivity contribution in [3.05, 3.63) is 0 Å². The summed E-state index contributed by atoms with van der Waals surface area (Å²) in [6.07, 6.45) is 0.955. The van der Waals surface area contributed by atoms with Gasteiger partial charge in [-0.1, -0.05) is 6.82 Å². The van der Waals surface area contributed by atoms with Crippen LogP contribution in [0.15, 0.2) is 0 Å². The minimum atomic E-state index is -0.170. The molecular formula is C2H8B3F. The maximum Gasteiger partial charge on any atom is 0.293 e. The Bertz CT molecular complexity index is 28.0. The van der Waals surface area contributed by atoms with Crippen molar-refractivity contribution in [2.75, 3.05) is 0 Å². The molecule has 0 amide bonds. The lowest BCUT2D eigenvalue weighted by Gasteiger charge is -1.87. The molecule has 0 atom stereocenters. The summed E-state index contributed by atoms with van der Waals surface area (Å²) >= 11 is 0. The van der Waals surface area contributed by atoms with Crippen molar-refractivity contribution >= 4 is 21.9 Å². The quantitative estimate of drug-likeness (QED) is 0.396. The van der Waals surface area contributed by atoms with Crippen molar-refractivity contribution in [2.45, 2.75) is 13.0 Å². The fourth-order valence-electron chi connectivity index (χ4n) is 0.109. The second-order valence-electron chi connectivity index (χ2n) is 1.67. The Hall–Kier alpha value is 0.125. The molecule has 0 aliphatic carbocycles. The van der Waals surface area contributed by atoms with Gasteiger partial charge in [0.1, 0.15) is 6.60 Å². The number of halogens is 1. The topological polar surface area (TPSA) is 0 Å². The van der Waals surface area contributed by atoms with Gasteiger partial charge in [-0.2, -0.15) is 0 Å². The summed E-state index contributed by atoms with van der Waals surface area (Å²) in [6, 6.07) is 0. The minimum absolute atomic E-state index is 0.170. The maximum atomic E-state index is 11.4. The van der Waals surface area contributed by atoms with Crippen molar-refractivity contribution in [3.8, 4) is 0 Å². The fourth-order valence-corrected chi connectivity index (χ4v) is 0.109. The third-order valence-corrected chi connectivity index (χ3v) is 0.960. The molecule has 4 heteroatoms. The molecule has 6 heavy (non-hydrogen) atoms. The first-order valence-corrected chi connectivity index (χ1v) is 2.37. The molecule has 0 saturated heterocycles. The summed E-state index contributed by atoms with van der Waals surface area (Å²) in [6.45, 7) is 2.17. The van der Waals surface area contributed by atoms with E-state index in [1.807, 2.05) is 14.7 Å². The first-order chi connectivity index (χ1) is 2.81. The van der Waals surface area contributed by atoms with Crippen molar-refractivity contribution in [2.24, 2.45) is 0 Å².